The first kappa shape index (κ1) is 20.7. The maximum atomic E-state index is 13.4. The summed E-state index contributed by atoms with van der Waals surface area (Å²) >= 11 is 5.76. The van der Waals surface area contributed by atoms with E-state index < -0.39 is 27.8 Å². The Morgan fingerprint density at radius 2 is 1.92 bits per heavy atom. The number of anilines is 1. The lowest BCUT2D eigenvalue weighted by Crippen LogP contribution is -2.52. The molecule has 0 radical (unpaired) electrons. The lowest BCUT2D eigenvalue weighted by Gasteiger charge is -2.31. The van der Waals surface area contributed by atoms with E-state index in [0.29, 0.717) is 0 Å². The zero-order valence-electron chi connectivity index (χ0n) is 14.5. The normalized spacial score (nSPS) is 14.3. The highest BCUT2D eigenvalue weighted by Crippen LogP contribution is 2.27. The summed E-state index contributed by atoms with van der Waals surface area (Å²) in [6, 6.07) is 2.54. The van der Waals surface area contributed by atoms with E-state index in [1.54, 1.807) is 6.92 Å². The smallest absolute Gasteiger partial charge is 0.244 e. The van der Waals surface area contributed by atoms with E-state index in [2.05, 4.69) is 5.32 Å². The molecule has 1 amide bonds. The Kier molecular flexibility index (Phi) is 7.04. The van der Waals surface area contributed by atoms with Gasteiger partial charge in [-0.15, -0.1) is 0 Å². The summed E-state index contributed by atoms with van der Waals surface area (Å²) in [4.78, 5) is 12.6. The van der Waals surface area contributed by atoms with E-state index >= 15 is 0 Å². The average molecular weight is 379 g/mol. The van der Waals surface area contributed by atoms with Crippen molar-refractivity contribution in [2.45, 2.75) is 46.2 Å². The summed E-state index contributed by atoms with van der Waals surface area (Å²) in [5.74, 6) is -0.845. The molecule has 1 rings (SSSR count). The second kappa shape index (κ2) is 8.16. The zero-order chi connectivity index (χ0) is 18.7. The first-order chi connectivity index (χ1) is 11.0. The summed E-state index contributed by atoms with van der Waals surface area (Å²) < 4.78 is 38.9. The third-order valence-electron chi connectivity index (χ3n) is 3.86. The molecule has 0 bridgehead atoms. The predicted molar refractivity (Wildman–Crippen MR) is 95.3 cm³/mol. The van der Waals surface area contributed by atoms with Gasteiger partial charge in [0.1, 0.15) is 11.9 Å². The standard InChI is InChI=1S/C16H24ClFN2O3S/c1-6-15(16(21)19-11(4)10(2)3)20(24(5,22)23)12-7-8-14(18)13(17)9-12/h7-11,15H,6H2,1-5H3,(H,19,21)/t11-,15+/m1/s1. The van der Waals surface area contributed by atoms with Crippen LogP contribution in [-0.2, 0) is 14.8 Å². The van der Waals surface area contributed by atoms with Crippen molar-refractivity contribution in [1.29, 1.82) is 0 Å². The summed E-state index contributed by atoms with van der Waals surface area (Å²) in [7, 11) is -3.77. The van der Waals surface area contributed by atoms with Crippen LogP contribution in [0.4, 0.5) is 10.1 Å². The number of nitrogens with one attached hydrogen (secondary N) is 1. The van der Waals surface area contributed by atoms with E-state index in [0.717, 1.165) is 16.6 Å². The van der Waals surface area contributed by atoms with Gasteiger partial charge in [0.15, 0.2) is 0 Å². The Morgan fingerprint density at radius 3 is 2.33 bits per heavy atom. The van der Waals surface area contributed by atoms with Gasteiger partial charge in [-0.2, -0.15) is 0 Å². The van der Waals surface area contributed by atoms with Gasteiger partial charge in [0.05, 0.1) is 17.0 Å². The van der Waals surface area contributed by atoms with E-state index in [-0.39, 0.29) is 29.1 Å². The Hall–Kier alpha value is -1.34. The lowest BCUT2D eigenvalue weighted by molar-refractivity contribution is -0.123. The number of sulfonamides is 1. The summed E-state index contributed by atoms with van der Waals surface area (Å²) in [5, 5.41) is 2.62. The van der Waals surface area contributed by atoms with E-state index in [9.17, 15) is 17.6 Å². The van der Waals surface area contributed by atoms with Crippen molar-refractivity contribution >= 4 is 33.2 Å². The molecule has 0 unspecified atom stereocenters. The van der Waals surface area contributed by atoms with Crippen LogP contribution in [0.25, 0.3) is 0 Å². The van der Waals surface area contributed by atoms with Crippen molar-refractivity contribution in [3.05, 3.63) is 29.0 Å². The van der Waals surface area contributed by atoms with Crippen LogP contribution in [0, 0.1) is 11.7 Å². The van der Waals surface area contributed by atoms with Crippen LogP contribution in [-0.4, -0.2) is 32.7 Å². The van der Waals surface area contributed by atoms with E-state index in [1.165, 1.54) is 12.1 Å². The maximum Gasteiger partial charge on any atom is 0.244 e. The van der Waals surface area contributed by atoms with Crippen molar-refractivity contribution in [2.24, 2.45) is 5.92 Å². The fourth-order valence-electron chi connectivity index (χ4n) is 2.17. The molecular weight excluding hydrogens is 355 g/mol. The molecule has 0 spiro atoms. The van der Waals surface area contributed by atoms with Crippen LogP contribution < -0.4 is 9.62 Å². The van der Waals surface area contributed by atoms with Gasteiger partial charge < -0.3 is 5.32 Å². The molecule has 8 heteroatoms. The Balaban J connectivity index is 3.27. The van der Waals surface area contributed by atoms with Gasteiger partial charge >= 0.3 is 0 Å². The van der Waals surface area contributed by atoms with Gasteiger partial charge in [0.25, 0.3) is 0 Å². The number of halogens is 2. The molecule has 1 N–H and O–H groups in total. The number of nitrogens with zero attached hydrogens (tertiary/aromatic N) is 1. The molecule has 0 saturated carbocycles. The third kappa shape index (κ3) is 5.08. The van der Waals surface area contributed by atoms with Gasteiger partial charge in [0.2, 0.25) is 15.9 Å². The molecule has 24 heavy (non-hydrogen) atoms. The van der Waals surface area contributed by atoms with Crippen LogP contribution >= 0.6 is 11.6 Å². The van der Waals surface area contributed by atoms with Crippen molar-refractivity contribution in [3.63, 3.8) is 0 Å². The monoisotopic (exact) mass is 378 g/mol. The van der Waals surface area contributed by atoms with Crippen molar-refractivity contribution in [3.8, 4) is 0 Å². The summed E-state index contributed by atoms with van der Waals surface area (Å²) in [6.45, 7) is 7.49. The zero-order valence-corrected chi connectivity index (χ0v) is 16.1. The quantitative estimate of drug-likeness (QED) is 0.792. The first-order valence-electron chi connectivity index (χ1n) is 7.73. The van der Waals surface area contributed by atoms with Crippen molar-refractivity contribution in [1.82, 2.24) is 5.32 Å². The molecule has 136 valence electrons. The molecule has 0 saturated heterocycles. The highest BCUT2D eigenvalue weighted by molar-refractivity contribution is 7.92. The Labute approximate surface area is 148 Å². The molecule has 5 nitrogen and oxygen atoms in total. The second-order valence-electron chi connectivity index (χ2n) is 6.12. The largest absolute Gasteiger partial charge is 0.352 e. The number of amides is 1. The van der Waals surface area contributed by atoms with Crippen LogP contribution in [0.2, 0.25) is 5.02 Å². The maximum absolute atomic E-state index is 13.4. The van der Waals surface area contributed by atoms with Crippen molar-refractivity contribution in [2.75, 3.05) is 10.6 Å². The number of carbonyl (C=O) groups excluding carboxylic acids is 1. The van der Waals surface area contributed by atoms with Crippen LogP contribution in [0.15, 0.2) is 18.2 Å². The average Bonchev–Trinajstić information content (AvgIpc) is 2.46. The predicted octanol–water partition coefficient (Wildman–Crippen LogP) is 3.18. The number of hydrogen-bond acceptors (Lipinski definition) is 3. The molecule has 0 aliphatic rings. The minimum atomic E-state index is -3.77. The molecule has 0 aliphatic heterocycles. The molecule has 1 aromatic rings. The number of hydrogen-bond donors (Lipinski definition) is 1. The first-order valence-corrected chi connectivity index (χ1v) is 9.96. The van der Waals surface area contributed by atoms with Crippen LogP contribution in [0.3, 0.4) is 0 Å². The highest BCUT2D eigenvalue weighted by atomic mass is 35.5. The van der Waals surface area contributed by atoms with Crippen LogP contribution in [0.5, 0.6) is 0 Å². The van der Waals surface area contributed by atoms with E-state index in [1.807, 2.05) is 20.8 Å². The SMILES string of the molecule is CC[C@@H](C(=O)N[C@H](C)C(C)C)N(c1ccc(F)c(Cl)c1)S(C)(=O)=O. The Bertz CT molecular complexity index is 695. The minimum absolute atomic E-state index is 0.107. The van der Waals surface area contributed by atoms with Gasteiger partial charge in [0, 0.05) is 6.04 Å². The molecule has 1 aromatic carbocycles. The molecule has 0 aliphatic carbocycles. The van der Waals surface area contributed by atoms with Gasteiger partial charge in [-0.25, -0.2) is 12.8 Å². The highest BCUT2D eigenvalue weighted by Gasteiger charge is 2.32. The fourth-order valence-corrected chi connectivity index (χ4v) is 3.55. The third-order valence-corrected chi connectivity index (χ3v) is 5.33. The number of benzene rings is 1. The molecule has 0 aromatic heterocycles. The van der Waals surface area contributed by atoms with E-state index in [4.69, 9.17) is 11.6 Å². The molecule has 0 heterocycles. The second-order valence-corrected chi connectivity index (χ2v) is 8.39. The van der Waals surface area contributed by atoms with Crippen LogP contribution in [0.1, 0.15) is 34.1 Å². The summed E-state index contributed by atoms with van der Waals surface area (Å²) in [5.41, 5.74) is 0.156. The molecular formula is C16H24ClFN2O3S. The van der Waals surface area contributed by atoms with Gasteiger partial charge in [-0.3, -0.25) is 9.10 Å². The topological polar surface area (TPSA) is 66.5 Å². The lowest BCUT2D eigenvalue weighted by atomic mass is 10.1. The number of carbonyl (C=O) groups is 1. The van der Waals surface area contributed by atoms with Gasteiger partial charge in [-0.05, 0) is 37.5 Å². The summed E-state index contributed by atoms with van der Waals surface area (Å²) in [6.07, 6.45) is 1.27. The fraction of sp³-hybridized carbons (Fsp3) is 0.562. The van der Waals surface area contributed by atoms with Crippen molar-refractivity contribution < 1.29 is 17.6 Å². The Morgan fingerprint density at radius 1 is 1.33 bits per heavy atom. The number of rotatable bonds is 7. The molecule has 0 fully saturated rings. The van der Waals surface area contributed by atoms with Gasteiger partial charge in [-0.1, -0.05) is 32.4 Å². The molecule has 2 atom stereocenters. The minimum Gasteiger partial charge on any atom is -0.352 e.